The van der Waals surface area contributed by atoms with E-state index >= 15 is 0 Å². The van der Waals surface area contributed by atoms with Crippen molar-refractivity contribution < 1.29 is 9.84 Å². The summed E-state index contributed by atoms with van der Waals surface area (Å²) in [5.41, 5.74) is 1.12. The van der Waals surface area contributed by atoms with Crippen LogP contribution in [0.3, 0.4) is 0 Å². The molecule has 3 aromatic rings. The third-order valence-corrected chi connectivity index (χ3v) is 6.30. The molecule has 2 aromatic heterocycles. The monoisotopic (exact) mass is 386 g/mol. The van der Waals surface area contributed by atoms with E-state index in [4.69, 9.17) is 4.74 Å². The van der Waals surface area contributed by atoms with Crippen molar-refractivity contribution in [3.8, 4) is 11.6 Å². The Morgan fingerprint density at radius 3 is 2.67 bits per heavy atom. The number of piperidine rings is 1. The highest BCUT2D eigenvalue weighted by atomic mass is 32.1. The van der Waals surface area contributed by atoms with Crippen molar-refractivity contribution in [1.29, 1.82) is 0 Å². The number of nitrogens with zero attached hydrogens (tertiary/aromatic N) is 4. The number of fused-ring (bicyclic) bond motifs is 1. The third-order valence-electron chi connectivity index (χ3n) is 5.23. The number of hydrogen-bond donors (Lipinski definition) is 1. The van der Waals surface area contributed by atoms with Crippen molar-refractivity contribution in [1.82, 2.24) is 19.5 Å². The van der Waals surface area contributed by atoms with Gasteiger partial charge in [-0.05, 0) is 42.9 Å². The molecule has 3 heterocycles. The van der Waals surface area contributed by atoms with Gasteiger partial charge in [0, 0.05) is 13.1 Å². The van der Waals surface area contributed by atoms with Crippen molar-refractivity contribution in [2.45, 2.75) is 33.2 Å². The average Bonchev–Trinajstić information content (AvgIpc) is 3.12. The van der Waals surface area contributed by atoms with E-state index in [2.05, 4.69) is 41.0 Å². The molecule has 144 valence electrons. The van der Waals surface area contributed by atoms with Gasteiger partial charge in [-0.15, -0.1) is 5.10 Å². The lowest BCUT2D eigenvalue weighted by Gasteiger charge is -2.40. The van der Waals surface area contributed by atoms with Crippen molar-refractivity contribution in [2.24, 2.45) is 11.8 Å². The Hall–Kier alpha value is -2.12. The van der Waals surface area contributed by atoms with Crippen LogP contribution >= 0.6 is 11.3 Å². The molecule has 0 amide bonds. The number of methoxy groups -OCH3 is 1. The van der Waals surface area contributed by atoms with E-state index in [1.165, 1.54) is 17.8 Å². The van der Waals surface area contributed by atoms with Gasteiger partial charge in [0.25, 0.3) is 0 Å². The molecule has 0 aliphatic carbocycles. The SMILES string of the molecule is COc1cccc([C@H](c2sc3nc(C)nn3c2O)N2C[C@H](C)C[C@H](C)C2)c1. The maximum atomic E-state index is 10.9. The molecule has 6 nitrogen and oxygen atoms in total. The Balaban J connectivity index is 1.83. The van der Waals surface area contributed by atoms with E-state index in [1.807, 2.05) is 19.1 Å². The molecule has 1 aromatic carbocycles. The van der Waals surface area contributed by atoms with Crippen LogP contribution in [0.4, 0.5) is 0 Å². The minimum atomic E-state index is -0.0425. The number of aromatic hydroxyl groups is 1. The van der Waals surface area contributed by atoms with Gasteiger partial charge < -0.3 is 9.84 Å². The summed E-state index contributed by atoms with van der Waals surface area (Å²) in [6.07, 6.45) is 1.24. The average molecular weight is 387 g/mol. The van der Waals surface area contributed by atoms with Gasteiger partial charge in [-0.3, -0.25) is 4.90 Å². The molecule has 0 saturated carbocycles. The molecule has 1 N–H and O–H groups in total. The normalized spacial score (nSPS) is 22.2. The molecule has 1 saturated heterocycles. The Morgan fingerprint density at radius 1 is 1.26 bits per heavy atom. The second-order valence-electron chi connectivity index (χ2n) is 7.72. The second kappa shape index (κ2) is 7.13. The first-order valence-electron chi connectivity index (χ1n) is 9.39. The summed E-state index contributed by atoms with van der Waals surface area (Å²) in [5.74, 6) is 2.92. The fraction of sp³-hybridized carbons (Fsp3) is 0.500. The number of ether oxygens (including phenoxy) is 1. The number of thiazole rings is 1. The molecule has 1 aliphatic rings. The molecular weight excluding hydrogens is 360 g/mol. The zero-order valence-electron chi connectivity index (χ0n) is 16.2. The molecule has 27 heavy (non-hydrogen) atoms. The van der Waals surface area contributed by atoms with Crippen LogP contribution in [0.5, 0.6) is 11.6 Å². The number of aromatic nitrogens is 3. The molecule has 7 heteroatoms. The number of benzene rings is 1. The highest BCUT2D eigenvalue weighted by molar-refractivity contribution is 7.17. The van der Waals surface area contributed by atoms with E-state index in [1.54, 1.807) is 11.6 Å². The summed E-state index contributed by atoms with van der Waals surface area (Å²) >= 11 is 1.51. The van der Waals surface area contributed by atoms with Crippen LogP contribution < -0.4 is 4.74 Å². The highest BCUT2D eigenvalue weighted by Crippen LogP contribution is 2.42. The van der Waals surface area contributed by atoms with Gasteiger partial charge >= 0.3 is 0 Å². The number of likely N-dealkylation sites (tertiary alicyclic amines) is 1. The minimum absolute atomic E-state index is 0.0425. The van der Waals surface area contributed by atoms with Crippen LogP contribution in [-0.4, -0.2) is 44.8 Å². The van der Waals surface area contributed by atoms with Crippen molar-refractivity contribution in [2.75, 3.05) is 20.2 Å². The smallest absolute Gasteiger partial charge is 0.230 e. The summed E-state index contributed by atoms with van der Waals surface area (Å²) < 4.78 is 7.01. The summed E-state index contributed by atoms with van der Waals surface area (Å²) in [6.45, 7) is 8.44. The maximum Gasteiger partial charge on any atom is 0.230 e. The molecule has 3 atom stereocenters. The topological polar surface area (TPSA) is 62.9 Å². The fourth-order valence-corrected chi connectivity index (χ4v) is 5.45. The lowest BCUT2D eigenvalue weighted by atomic mass is 9.89. The predicted molar refractivity (Wildman–Crippen MR) is 107 cm³/mol. The Bertz CT molecular complexity index is 941. The third kappa shape index (κ3) is 3.41. The van der Waals surface area contributed by atoms with Crippen molar-refractivity contribution in [3.63, 3.8) is 0 Å². The molecule has 0 spiro atoms. The van der Waals surface area contributed by atoms with Crippen LogP contribution in [0.25, 0.3) is 4.96 Å². The predicted octanol–water partition coefficient (Wildman–Crippen LogP) is 3.88. The first-order valence-corrected chi connectivity index (χ1v) is 10.2. The molecule has 0 unspecified atom stereocenters. The van der Waals surface area contributed by atoms with Crippen molar-refractivity contribution >= 4 is 16.3 Å². The molecule has 1 fully saturated rings. The van der Waals surface area contributed by atoms with Crippen molar-refractivity contribution in [3.05, 3.63) is 40.5 Å². The molecular formula is C20H26N4O2S. The van der Waals surface area contributed by atoms with Crippen LogP contribution in [0, 0.1) is 18.8 Å². The van der Waals surface area contributed by atoms with Crippen LogP contribution in [0.1, 0.15) is 42.6 Å². The van der Waals surface area contributed by atoms with Crippen LogP contribution in [0.15, 0.2) is 24.3 Å². The number of rotatable bonds is 4. The molecule has 1 aliphatic heterocycles. The van der Waals surface area contributed by atoms with E-state index in [-0.39, 0.29) is 11.9 Å². The first-order chi connectivity index (χ1) is 13.0. The Kier molecular flexibility index (Phi) is 4.82. The summed E-state index contributed by atoms with van der Waals surface area (Å²) in [7, 11) is 1.68. The maximum absolute atomic E-state index is 10.9. The second-order valence-corrected chi connectivity index (χ2v) is 8.73. The zero-order valence-corrected chi connectivity index (χ0v) is 17.0. The number of hydrogen-bond acceptors (Lipinski definition) is 6. The van der Waals surface area contributed by atoms with Gasteiger partial charge in [0.15, 0.2) is 0 Å². The molecule has 0 radical (unpaired) electrons. The Morgan fingerprint density at radius 2 is 2.00 bits per heavy atom. The van der Waals surface area contributed by atoms with Gasteiger partial charge in [-0.1, -0.05) is 37.3 Å². The molecule has 0 bridgehead atoms. The van der Waals surface area contributed by atoms with E-state index in [0.29, 0.717) is 17.7 Å². The highest BCUT2D eigenvalue weighted by Gasteiger charge is 2.33. The fourth-order valence-electron chi connectivity index (χ4n) is 4.29. The van der Waals surface area contributed by atoms with Crippen LogP contribution in [-0.2, 0) is 0 Å². The van der Waals surface area contributed by atoms with Gasteiger partial charge in [0.1, 0.15) is 11.6 Å². The molecule has 4 rings (SSSR count). The first kappa shape index (κ1) is 18.3. The largest absolute Gasteiger partial charge is 0.497 e. The van der Waals surface area contributed by atoms with Gasteiger partial charge in [-0.2, -0.15) is 4.52 Å². The quantitative estimate of drug-likeness (QED) is 0.737. The lowest BCUT2D eigenvalue weighted by molar-refractivity contribution is 0.111. The van der Waals surface area contributed by atoms with Gasteiger partial charge in [0.05, 0.1) is 18.0 Å². The minimum Gasteiger partial charge on any atom is -0.497 e. The van der Waals surface area contributed by atoms with Gasteiger partial charge in [-0.25, -0.2) is 4.98 Å². The Labute approximate surface area is 163 Å². The van der Waals surface area contributed by atoms with Crippen LogP contribution in [0.2, 0.25) is 0 Å². The summed E-state index contributed by atoms with van der Waals surface area (Å²) in [5, 5.41) is 15.3. The zero-order chi connectivity index (χ0) is 19.1. The van der Waals surface area contributed by atoms with Gasteiger partial charge in [0.2, 0.25) is 10.8 Å². The van der Waals surface area contributed by atoms with E-state index < -0.39 is 0 Å². The number of aryl methyl sites for hydroxylation is 1. The summed E-state index contributed by atoms with van der Waals surface area (Å²) in [4.78, 5) is 8.54. The van der Waals surface area contributed by atoms with E-state index in [0.717, 1.165) is 34.2 Å². The van der Waals surface area contributed by atoms with E-state index in [9.17, 15) is 5.11 Å². The standard InChI is InChI=1S/C20H26N4O2S/c1-12-8-13(2)11-23(10-12)17(15-6-5-7-16(9-15)26-4)18-19(25)24-20(27-18)21-14(3)22-24/h5-7,9,12-13,17,25H,8,10-11H2,1-4H3/t12-,13+,17-/m1/s1. The summed E-state index contributed by atoms with van der Waals surface area (Å²) in [6, 6.07) is 8.09. The lowest BCUT2D eigenvalue weighted by Crippen LogP contribution is -2.41.